The van der Waals surface area contributed by atoms with Gasteiger partial charge in [0.2, 0.25) is 0 Å². The molecule has 1 nitrogen and oxygen atoms in total. The summed E-state index contributed by atoms with van der Waals surface area (Å²) in [4.78, 5) is 2.08. The molecule has 0 aliphatic carbocycles. The van der Waals surface area contributed by atoms with Crippen LogP contribution in [0, 0.1) is 0 Å². The van der Waals surface area contributed by atoms with Crippen LogP contribution in [0.2, 0.25) is 0 Å². The highest BCUT2D eigenvalue weighted by Gasteiger charge is 1.96. The van der Waals surface area contributed by atoms with Gasteiger partial charge < -0.3 is 5.32 Å². The molecule has 1 rings (SSSR count). The summed E-state index contributed by atoms with van der Waals surface area (Å²) in [5.41, 5.74) is 1.29. The number of hydrogen-bond donors (Lipinski definition) is 3. The fraction of sp³-hybridized carbons (Fsp3) is 0.333. The Bertz CT molecular complexity index is 320. The van der Waals surface area contributed by atoms with Gasteiger partial charge in [-0.05, 0) is 16.9 Å². The Kier molecular flexibility index (Phi) is 5.91. The minimum atomic E-state index is 0.782. The van der Waals surface area contributed by atoms with E-state index in [1.54, 1.807) is 0 Å². The standard InChI is InChI=1S/C12H17NS2/c1-2-11(14)12(15)9-13-8-10-6-4-3-5-7-10/h3-7,13-15H,2,8-9H2,1H3. The third-order valence-electron chi connectivity index (χ3n) is 2.13. The Hall–Kier alpha value is -0.380. The Labute approximate surface area is 103 Å². The highest BCUT2D eigenvalue weighted by molar-refractivity contribution is 7.88. The summed E-state index contributed by atoms with van der Waals surface area (Å²) in [6, 6.07) is 10.3. The maximum Gasteiger partial charge on any atom is 0.0273 e. The number of allylic oxidation sites excluding steroid dienone is 1. The van der Waals surface area contributed by atoms with Crippen molar-refractivity contribution >= 4 is 25.3 Å². The lowest BCUT2D eigenvalue weighted by molar-refractivity contribution is 0.753. The summed E-state index contributed by atoms with van der Waals surface area (Å²) in [7, 11) is 0. The van der Waals surface area contributed by atoms with E-state index in [1.165, 1.54) is 5.56 Å². The third kappa shape index (κ3) is 4.78. The van der Waals surface area contributed by atoms with E-state index in [0.717, 1.165) is 29.3 Å². The quantitative estimate of drug-likeness (QED) is 0.670. The molecule has 0 bridgehead atoms. The van der Waals surface area contributed by atoms with Crippen LogP contribution in [0.4, 0.5) is 0 Å². The van der Waals surface area contributed by atoms with Crippen molar-refractivity contribution in [1.29, 1.82) is 0 Å². The van der Waals surface area contributed by atoms with Gasteiger partial charge in [-0.2, -0.15) is 0 Å². The van der Waals surface area contributed by atoms with Crippen LogP contribution in [0.3, 0.4) is 0 Å². The number of nitrogens with one attached hydrogen (secondary N) is 1. The summed E-state index contributed by atoms with van der Waals surface area (Å²) in [5, 5.41) is 3.33. The van der Waals surface area contributed by atoms with E-state index in [2.05, 4.69) is 49.6 Å². The number of benzene rings is 1. The third-order valence-corrected chi connectivity index (χ3v) is 3.32. The van der Waals surface area contributed by atoms with E-state index in [1.807, 2.05) is 18.2 Å². The van der Waals surface area contributed by atoms with Gasteiger partial charge in [-0.1, -0.05) is 37.3 Å². The zero-order chi connectivity index (χ0) is 11.1. The number of rotatable bonds is 5. The molecule has 0 spiro atoms. The molecule has 15 heavy (non-hydrogen) atoms. The van der Waals surface area contributed by atoms with E-state index < -0.39 is 0 Å². The molecule has 0 atom stereocenters. The van der Waals surface area contributed by atoms with E-state index in [4.69, 9.17) is 0 Å². The Morgan fingerprint density at radius 3 is 2.40 bits per heavy atom. The van der Waals surface area contributed by atoms with Crippen LogP contribution in [0.1, 0.15) is 18.9 Å². The van der Waals surface area contributed by atoms with Gasteiger partial charge in [-0.15, -0.1) is 25.3 Å². The fourth-order valence-electron chi connectivity index (χ4n) is 1.23. The van der Waals surface area contributed by atoms with Crippen LogP contribution in [0.5, 0.6) is 0 Å². The van der Waals surface area contributed by atoms with Gasteiger partial charge in [0.1, 0.15) is 0 Å². The predicted octanol–water partition coefficient (Wildman–Crippen LogP) is 3.26. The van der Waals surface area contributed by atoms with E-state index >= 15 is 0 Å². The van der Waals surface area contributed by atoms with Crippen molar-refractivity contribution < 1.29 is 0 Å². The first-order valence-electron chi connectivity index (χ1n) is 5.08. The first kappa shape index (κ1) is 12.7. The molecule has 0 unspecified atom stereocenters. The van der Waals surface area contributed by atoms with Crippen molar-refractivity contribution in [1.82, 2.24) is 5.32 Å². The molecule has 0 aromatic heterocycles. The number of hydrogen-bond acceptors (Lipinski definition) is 3. The maximum atomic E-state index is 4.39. The maximum absolute atomic E-state index is 4.39. The molecule has 3 heteroatoms. The van der Waals surface area contributed by atoms with Crippen molar-refractivity contribution in [2.45, 2.75) is 19.9 Å². The summed E-state index contributed by atoms with van der Waals surface area (Å²) in [6.45, 7) is 3.73. The van der Waals surface area contributed by atoms with Gasteiger partial charge in [0.15, 0.2) is 0 Å². The molecule has 0 aliphatic heterocycles. The van der Waals surface area contributed by atoms with Crippen LogP contribution in [0.15, 0.2) is 40.1 Å². The van der Waals surface area contributed by atoms with Gasteiger partial charge in [0.25, 0.3) is 0 Å². The van der Waals surface area contributed by atoms with Crippen molar-refractivity contribution in [3.63, 3.8) is 0 Å². The van der Waals surface area contributed by atoms with Crippen LogP contribution in [0.25, 0.3) is 0 Å². The van der Waals surface area contributed by atoms with Crippen LogP contribution in [-0.4, -0.2) is 6.54 Å². The molecular weight excluding hydrogens is 222 g/mol. The van der Waals surface area contributed by atoms with Crippen LogP contribution < -0.4 is 5.32 Å². The average molecular weight is 239 g/mol. The molecule has 0 saturated heterocycles. The second kappa shape index (κ2) is 6.99. The van der Waals surface area contributed by atoms with Crippen LogP contribution >= 0.6 is 25.3 Å². The smallest absolute Gasteiger partial charge is 0.0273 e. The minimum Gasteiger partial charge on any atom is -0.308 e. The molecule has 82 valence electrons. The van der Waals surface area contributed by atoms with Crippen molar-refractivity contribution in [3.05, 3.63) is 45.7 Å². The molecule has 0 radical (unpaired) electrons. The fourth-order valence-corrected chi connectivity index (χ4v) is 1.58. The zero-order valence-corrected chi connectivity index (χ0v) is 10.7. The normalized spacial score (nSPS) is 12.5. The summed E-state index contributed by atoms with van der Waals surface area (Å²) >= 11 is 8.74. The number of thiol groups is 2. The van der Waals surface area contributed by atoms with Gasteiger partial charge >= 0.3 is 0 Å². The van der Waals surface area contributed by atoms with Crippen molar-refractivity contribution in [2.75, 3.05) is 6.54 Å². The monoisotopic (exact) mass is 239 g/mol. The summed E-state index contributed by atoms with van der Waals surface area (Å²) in [5.74, 6) is 0. The molecule has 0 heterocycles. The Morgan fingerprint density at radius 1 is 1.13 bits per heavy atom. The first-order chi connectivity index (χ1) is 7.24. The molecule has 0 saturated carbocycles. The first-order valence-corrected chi connectivity index (χ1v) is 5.98. The van der Waals surface area contributed by atoms with Gasteiger partial charge in [0.05, 0.1) is 0 Å². The molecular formula is C12H17NS2. The second-order valence-corrected chi connectivity index (χ2v) is 4.42. The van der Waals surface area contributed by atoms with E-state index in [9.17, 15) is 0 Å². The lowest BCUT2D eigenvalue weighted by atomic mass is 10.2. The van der Waals surface area contributed by atoms with Gasteiger partial charge in [0, 0.05) is 18.0 Å². The molecule has 1 aromatic rings. The lowest BCUT2D eigenvalue weighted by Crippen LogP contribution is -2.15. The van der Waals surface area contributed by atoms with E-state index in [0.29, 0.717) is 0 Å². The minimum absolute atomic E-state index is 0.782. The molecule has 0 fully saturated rings. The molecule has 0 amide bonds. The Morgan fingerprint density at radius 2 is 1.80 bits per heavy atom. The second-order valence-electron chi connectivity index (χ2n) is 3.34. The zero-order valence-electron chi connectivity index (χ0n) is 8.90. The van der Waals surface area contributed by atoms with Gasteiger partial charge in [-0.3, -0.25) is 0 Å². The molecule has 1 N–H and O–H groups in total. The molecule has 1 aromatic carbocycles. The Balaban J connectivity index is 2.34. The topological polar surface area (TPSA) is 12.0 Å². The largest absolute Gasteiger partial charge is 0.308 e. The lowest BCUT2D eigenvalue weighted by Gasteiger charge is -2.06. The van der Waals surface area contributed by atoms with Crippen LogP contribution in [-0.2, 0) is 6.54 Å². The van der Waals surface area contributed by atoms with E-state index in [-0.39, 0.29) is 0 Å². The predicted molar refractivity (Wildman–Crippen MR) is 73.4 cm³/mol. The molecule has 0 aliphatic rings. The highest BCUT2D eigenvalue weighted by Crippen LogP contribution is 2.15. The van der Waals surface area contributed by atoms with Crippen molar-refractivity contribution in [3.8, 4) is 0 Å². The van der Waals surface area contributed by atoms with Crippen molar-refractivity contribution in [2.24, 2.45) is 0 Å². The highest BCUT2D eigenvalue weighted by atomic mass is 32.1. The summed E-state index contributed by atoms with van der Waals surface area (Å²) in [6.07, 6.45) is 0.939. The SMILES string of the molecule is CCC(S)=C(S)CNCc1ccccc1. The summed E-state index contributed by atoms with van der Waals surface area (Å²) < 4.78 is 0. The van der Waals surface area contributed by atoms with Gasteiger partial charge in [-0.25, -0.2) is 0 Å². The average Bonchev–Trinajstić information content (AvgIpc) is 2.29.